The zero-order valence-electron chi connectivity index (χ0n) is 11.7. The van der Waals surface area contributed by atoms with Crippen molar-refractivity contribution in [3.8, 4) is 11.1 Å². The van der Waals surface area contributed by atoms with E-state index in [1.54, 1.807) is 12.4 Å². The van der Waals surface area contributed by atoms with Crippen LogP contribution < -0.4 is 5.32 Å². The van der Waals surface area contributed by atoms with Crippen LogP contribution in [0.1, 0.15) is 0 Å². The number of fused-ring (bicyclic) bond motifs is 1. The molecule has 2 heterocycles. The van der Waals surface area contributed by atoms with E-state index >= 15 is 0 Å². The van der Waals surface area contributed by atoms with Crippen molar-refractivity contribution in [2.45, 2.75) is 0 Å². The van der Waals surface area contributed by atoms with E-state index in [1.807, 2.05) is 60.7 Å². The summed E-state index contributed by atoms with van der Waals surface area (Å²) in [4.78, 5) is 8.54. The Morgan fingerprint density at radius 3 is 2.45 bits per heavy atom. The first-order chi connectivity index (χ1) is 10.9. The zero-order valence-corrected chi connectivity index (χ0v) is 11.7. The van der Waals surface area contributed by atoms with Crippen molar-refractivity contribution in [2.75, 3.05) is 5.32 Å². The summed E-state index contributed by atoms with van der Waals surface area (Å²) in [5.41, 5.74) is 4.74. The number of benzene rings is 2. The maximum atomic E-state index is 5.73. The molecule has 0 aliphatic heterocycles. The Morgan fingerprint density at radius 1 is 0.818 bits per heavy atom. The molecule has 4 heteroatoms. The van der Waals surface area contributed by atoms with Crippen LogP contribution in [-0.2, 0) is 0 Å². The molecular formula is C18H13N3O. The second-order valence-corrected chi connectivity index (χ2v) is 4.93. The molecule has 1 N–H and O–H groups in total. The van der Waals surface area contributed by atoms with E-state index in [2.05, 4.69) is 15.3 Å². The maximum absolute atomic E-state index is 5.73. The molecule has 106 valence electrons. The van der Waals surface area contributed by atoms with E-state index in [4.69, 9.17) is 4.42 Å². The van der Waals surface area contributed by atoms with Crippen LogP contribution in [0.2, 0.25) is 0 Å². The van der Waals surface area contributed by atoms with Crippen molar-refractivity contribution in [1.82, 2.24) is 9.97 Å². The van der Waals surface area contributed by atoms with Crippen molar-refractivity contribution in [3.05, 3.63) is 73.1 Å². The smallest absolute Gasteiger partial charge is 0.300 e. The molecule has 0 fully saturated rings. The molecule has 0 radical (unpaired) electrons. The topological polar surface area (TPSA) is 51.0 Å². The number of anilines is 2. The summed E-state index contributed by atoms with van der Waals surface area (Å²) in [6, 6.07) is 20.3. The van der Waals surface area contributed by atoms with Crippen LogP contribution in [0.5, 0.6) is 0 Å². The number of rotatable bonds is 3. The summed E-state index contributed by atoms with van der Waals surface area (Å²) in [7, 11) is 0. The Bertz CT molecular complexity index is 901. The summed E-state index contributed by atoms with van der Waals surface area (Å²) in [6.07, 6.45) is 3.56. The highest BCUT2D eigenvalue weighted by atomic mass is 16.4. The van der Waals surface area contributed by atoms with Crippen LogP contribution in [0.15, 0.2) is 77.5 Å². The lowest BCUT2D eigenvalue weighted by molar-refractivity contribution is 0.623. The van der Waals surface area contributed by atoms with Crippen LogP contribution in [0.25, 0.3) is 22.2 Å². The minimum atomic E-state index is 0.494. The van der Waals surface area contributed by atoms with E-state index in [9.17, 15) is 0 Å². The highest BCUT2D eigenvalue weighted by molar-refractivity contribution is 5.81. The van der Waals surface area contributed by atoms with Crippen molar-refractivity contribution < 1.29 is 4.42 Å². The van der Waals surface area contributed by atoms with Crippen molar-refractivity contribution in [3.63, 3.8) is 0 Å². The van der Waals surface area contributed by atoms with Gasteiger partial charge in [-0.2, -0.15) is 4.98 Å². The molecule has 0 spiro atoms. The molecule has 0 unspecified atom stereocenters. The first-order valence-corrected chi connectivity index (χ1v) is 7.01. The van der Waals surface area contributed by atoms with E-state index in [-0.39, 0.29) is 0 Å². The van der Waals surface area contributed by atoms with E-state index < -0.39 is 0 Å². The summed E-state index contributed by atoms with van der Waals surface area (Å²) in [6.45, 7) is 0. The molecule has 4 nitrogen and oxygen atoms in total. The minimum absolute atomic E-state index is 0.494. The SMILES string of the molecule is c1ccc(Nc2nc3cc(-c4ccncc4)ccc3o2)cc1. The van der Waals surface area contributed by atoms with Crippen LogP contribution in [0, 0.1) is 0 Å². The predicted octanol–water partition coefficient (Wildman–Crippen LogP) is 4.63. The highest BCUT2D eigenvalue weighted by Gasteiger charge is 2.07. The average molecular weight is 287 g/mol. The van der Waals surface area contributed by atoms with Gasteiger partial charge in [-0.25, -0.2) is 0 Å². The summed E-state index contributed by atoms with van der Waals surface area (Å²) < 4.78 is 5.73. The van der Waals surface area contributed by atoms with E-state index in [0.29, 0.717) is 6.01 Å². The third kappa shape index (κ3) is 2.42. The fraction of sp³-hybridized carbons (Fsp3) is 0. The fourth-order valence-corrected chi connectivity index (χ4v) is 2.35. The quantitative estimate of drug-likeness (QED) is 0.596. The summed E-state index contributed by atoms with van der Waals surface area (Å²) in [5.74, 6) is 0. The van der Waals surface area contributed by atoms with Gasteiger partial charge in [0.05, 0.1) is 0 Å². The number of nitrogens with zero attached hydrogens (tertiary/aromatic N) is 2. The number of para-hydroxylation sites is 1. The van der Waals surface area contributed by atoms with Gasteiger partial charge in [-0.05, 0) is 47.5 Å². The van der Waals surface area contributed by atoms with Gasteiger partial charge in [0.25, 0.3) is 6.01 Å². The van der Waals surface area contributed by atoms with Crippen LogP contribution in [0.4, 0.5) is 11.7 Å². The Morgan fingerprint density at radius 2 is 1.64 bits per heavy atom. The average Bonchev–Trinajstić information content (AvgIpc) is 2.98. The van der Waals surface area contributed by atoms with Gasteiger partial charge in [0.1, 0.15) is 5.52 Å². The molecule has 0 amide bonds. The standard InChI is InChI=1S/C18H13N3O/c1-2-4-15(5-3-1)20-18-21-16-12-14(6-7-17(16)22-18)13-8-10-19-11-9-13/h1-12H,(H,20,21). The van der Waals surface area contributed by atoms with Crippen LogP contribution >= 0.6 is 0 Å². The fourth-order valence-electron chi connectivity index (χ4n) is 2.35. The summed E-state index contributed by atoms with van der Waals surface area (Å²) in [5, 5.41) is 3.16. The Balaban J connectivity index is 1.69. The van der Waals surface area contributed by atoms with E-state index in [0.717, 1.165) is 27.9 Å². The lowest BCUT2D eigenvalue weighted by Crippen LogP contribution is -1.88. The molecule has 4 rings (SSSR count). The van der Waals surface area contributed by atoms with Gasteiger partial charge in [0.15, 0.2) is 5.58 Å². The lowest BCUT2D eigenvalue weighted by atomic mass is 10.1. The van der Waals surface area contributed by atoms with Crippen LogP contribution in [0.3, 0.4) is 0 Å². The molecule has 2 aromatic carbocycles. The lowest BCUT2D eigenvalue weighted by Gasteiger charge is -1.99. The highest BCUT2D eigenvalue weighted by Crippen LogP contribution is 2.27. The molecule has 0 bridgehead atoms. The first kappa shape index (κ1) is 12.6. The molecule has 0 atom stereocenters. The Labute approximate surface area is 127 Å². The largest absolute Gasteiger partial charge is 0.423 e. The third-order valence-corrected chi connectivity index (χ3v) is 3.43. The number of pyridine rings is 1. The van der Waals surface area contributed by atoms with Gasteiger partial charge in [-0.15, -0.1) is 0 Å². The monoisotopic (exact) mass is 287 g/mol. The molecule has 0 aliphatic rings. The molecule has 0 aliphatic carbocycles. The third-order valence-electron chi connectivity index (χ3n) is 3.43. The summed E-state index contributed by atoms with van der Waals surface area (Å²) >= 11 is 0. The Kier molecular flexibility index (Phi) is 3.05. The zero-order chi connectivity index (χ0) is 14.8. The van der Waals surface area contributed by atoms with Gasteiger partial charge >= 0.3 is 0 Å². The van der Waals surface area contributed by atoms with E-state index in [1.165, 1.54) is 0 Å². The molecule has 0 saturated heterocycles. The molecular weight excluding hydrogens is 274 g/mol. The number of aromatic nitrogens is 2. The van der Waals surface area contributed by atoms with Gasteiger partial charge in [0, 0.05) is 18.1 Å². The molecule has 0 saturated carbocycles. The number of oxazole rings is 1. The predicted molar refractivity (Wildman–Crippen MR) is 87.0 cm³/mol. The van der Waals surface area contributed by atoms with Gasteiger partial charge in [-0.3, -0.25) is 4.98 Å². The van der Waals surface area contributed by atoms with Gasteiger partial charge in [0.2, 0.25) is 0 Å². The van der Waals surface area contributed by atoms with Gasteiger partial charge in [-0.1, -0.05) is 24.3 Å². The molecule has 4 aromatic rings. The second kappa shape index (κ2) is 5.33. The minimum Gasteiger partial charge on any atom is -0.423 e. The Hall–Kier alpha value is -3.14. The number of hydrogen-bond donors (Lipinski definition) is 1. The number of hydrogen-bond acceptors (Lipinski definition) is 4. The van der Waals surface area contributed by atoms with Crippen molar-refractivity contribution in [2.24, 2.45) is 0 Å². The molecule has 2 aromatic heterocycles. The first-order valence-electron chi connectivity index (χ1n) is 7.01. The molecule has 22 heavy (non-hydrogen) atoms. The van der Waals surface area contributed by atoms with Gasteiger partial charge < -0.3 is 9.73 Å². The number of nitrogens with one attached hydrogen (secondary N) is 1. The van der Waals surface area contributed by atoms with Crippen LogP contribution in [-0.4, -0.2) is 9.97 Å². The normalized spacial score (nSPS) is 10.7. The van der Waals surface area contributed by atoms with Crippen molar-refractivity contribution in [1.29, 1.82) is 0 Å². The van der Waals surface area contributed by atoms with Crippen molar-refractivity contribution >= 4 is 22.8 Å². The maximum Gasteiger partial charge on any atom is 0.300 e. The second-order valence-electron chi connectivity index (χ2n) is 4.93.